The van der Waals surface area contributed by atoms with Gasteiger partial charge in [0.2, 0.25) is 0 Å². The molecule has 0 aliphatic carbocycles. The number of rotatable bonds is 0. The van der Waals surface area contributed by atoms with Gasteiger partial charge in [-0.1, -0.05) is 12.2 Å². The molecule has 0 fully saturated rings. The third-order valence-corrected chi connectivity index (χ3v) is 1.10. The van der Waals surface area contributed by atoms with E-state index >= 15 is 0 Å². The Morgan fingerprint density at radius 3 is 1.75 bits per heavy atom. The first-order chi connectivity index (χ1) is 6.00. The predicted octanol–water partition coefficient (Wildman–Crippen LogP) is 0.531. The third kappa shape index (κ3) is 4.16. The lowest BCUT2D eigenvalue weighted by molar-refractivity contribution is 0.972. The van der Waals surface area contributed by atoms with Crippen LogP contribution in [0.1, 0.15) is 0 Å². The Morgan fingerprint density at radius 1 is 0.917 bits per heavy atom. The lowest BCUT2D eigenvalue weighted by atomic mass is 10.4. The van der Waals surface area contributed by atoms with Crippen LogP contribution in [0, 0.1) is 0 Å². The van der Waals surface area contributed by atoms with Crippen LogP contribution in [0.25, 0.3) is 0 Å². The van der Waals surface area contributed by atoms with E-state index in [-0.39, 0.29) is 0 Å². The Hall–Kier alpha value is -1.71. The Morgan fingerprint density at radius 2 is 1.58 bits per heavy atom. The molecule has 1 aromatic rings. The van der Waals surface area contributed by atoms with Crippen molar-refractivity contribution < 1.29 is 0 Å². The summed E-state index contributed by atoms with van der Waals surface area (Å²) in [5.74, 6) is 0. The van der Waals surface area contributed by atoms with Crippen molar-refractivity contribution in [2.45, 2.75) is 0 Å². The van der Waals surface area contributed by atoms with Gasteiger partial charge < -0.3 is 5.32 Å². The molecule has 2 heterocycles. The number of hydrogen-bond donors (Lipinski definition) is 1. The Labute approximate surface area is 71.1 Å². The summed E-state index contributed by atoms with van der Waals surface area (Å²) in [6.07, 6.45) is 12.3. The van der Waals surface area contributed by atoms with Crippen LogP contribution < -0.4 is 5.32 Å². The number of nitrogens with zero attached hydrogens (tertiary/aromatic N) is 3. The van der Waals surface area contributed by atoms with Gasteiger partial charge in [0.1, 0.15) is 19.0 Å². The summed E-state index contributed by atoms with van der Waals surface area (Å²) in [6, 6.07) is 0. The monoisotopic (exact) mass is 162 g/mol. The molecule has 0 unspecified atom stereocenters. The van der Waals surface area contributed by atoms with Crippen LogP contribution >= 0.6 is 0 Å². The van der Waals surface area contributed by atoms with Gasteiger partial charge in [0.25, 0.3) is 0 Å². The molecule has 1 aromatic heterocycles. The average Bonchev–Trinajstić information content (AvgIpc) is 2.24. The summed E-state index contributed by atoms with van der Waals surface area (Å²) in [4.78, 5) is 10.7. The molecule has 0 spiro atoms. The Balaban J connectivity index is 0.000000120. The highest BCUT2D eigenvalue weighted by molar-refractivity contribution is 5.06. The van der Waals surface area contributed by atoms with Gasteiger partial charge in [0, 0.05) is 6.54 Å². The maximum atomic E-state index is 3.56. The molecule has 1 N–H and O–H groups in total. The highest BCUT2D eigenvalue weighted by atomic mass is 14.9. The number of aromatic nitrogens is 3. The zero-order valence-electron chi connectivity index (χ0n) is 6.59. The molecule has 12 heavy (non-hydrogen) atoms. The van der Waals surface area contributed by atoms with Crippen molar-refractivity contribution in [1.82, 2.24) is 20.3 Å². The van der Waals surface area contributed by atoms with Crippen LogP contribution in [0.2, 0.25) is 0 Å². The Bertz CT molecular complexity index is 204. The van der Waals surface area contributed by atoms with E-state index < -0.39 is 0 Å². The predicted molar refractivity (Wildman–Crippen MR) is 46.1 cm³/mol. The van der Waals surface area contributed by atoms with E-state index in [2.05, 4.69) is 26.3 Å². The number of dihydropyridines is 1. The number of nitrogens with one attached hydrogen (secondary N) is 1. The minimum atomic E-state index is 0.983. The van der Waals surface area contributed by atoms with Crippen molar-refractivity contribution >= 4 is 0 Å². The molecular weight excluding hydrogens is 152 g/mol. The molecule has 1 aliphatic heterocycles. The van der Waals surface area contributed by atoms with Gasteiger partial charge in [-0.05, 0) is 12.3 Å². The van der Waals surface area contributed by atoms with E-state index in [1.807, 2.05) is 18.4 Å². The molecule has 0 saturated carbocycles. The molecule has 2 rings (SSSR count). The van der Waals surface area contributed by atoms with Crippen LogP contribution in [-0.4, -0.2) is 21.5 Å². The van der Waals surface area contributed by atoms with E-state index in [1.54, 1.807) is 0 Å². The van der Waals surface area contributed by atoms with Crippen molar-refractivity contribution in [3.05, 3.63) is 43.4 Å². The van der Waals surface area contributed by atoms with E-state index in [0.717, 1.165) is 6.54 Å². The van der Waals surface area contributed by atoms with E-state index in [9.17, 15) is 0 Å². The topological polar surface area (TPSA) is 50.7 Å². The molecule has 0 atom stereocenters. The minimum absolute atomic E-state index is 0.983. The highest BCUT2D eigenvalue weighted by Gasteiger charge is 1.73. The van der Waals surface area contributed by atoms with Crippen LogP contribution in [0.4, 0.5) is 0 Å². The van der Waals surface area contributed by atoms with E-state index in [1.165, 1.54) is 19.0 Å². The molecular formula is C8H10N4. The van der Waals surface area contributed by atoms with Gasteiger partial charge in [-0.15, -0.1) is 0 Å². The maximum Gasteiger partial charge on any atom is 0.119 e. The molecule has 4 nitrogen and oxygen atoms in total. The normalized spacial score (nSPS) is 12.7. The summed E-state index contributed by atoms with van der Waals surface area (Å²) in [5.41, 5.74) is 0. The lowest BCUT2D eigenvalue weighted by Gasteiger charge is -1.94. The summed E-state index contributed by atoms with van der Waals surface area (Å²) in [6.45, 7) is 0.983. The van der Waals surface area contributed by atoms with Crippen molar-refractivity contribution in [2.75, 3.05) is 6.54 Å². The molecule has 4 heteroatoms. The maximum absolute atomic E-state index is 3.56. The molecule has 0 amide bonds. The second kappa shape index (κ2) is 6.03. The largest absolute Gasteiger partial charge is 0.387 e. The van der Waals surface area contributed by atoms with Crippen LogP contribution in [-0.2, 0) is 0 Å². The SMILES string of the molecule is C1=CCNC=C1.c1ncncn1. The molecule has 0 bridgehead atoms. The van der Waals surface area contributed by atoms with Gasteiger partial charge in [0.15, 0.2) is 0 Å². The van der Waals surface area contributed by atoms with Crippen molar-refractivity contribution in [1.29, 1.82) is 0 Å². The summed E-state index contributed by atoms with van der Waals surface area (Å²) in [5, 5.41) is 3.02. The van der Waals surface area contributed by atoms with Gasteiger partial charge >= 0.3 is 0 Å². The minimum Gasteiger partial charge on any atom is -0.387 e. The summed E-state index contributed by atoms with van der Waals surface area (Å²) >= 11 is 0. The fourth-order valence-corrected chi connectivity index (χ4v) is 0.611. The second-order valence-corrected chi connectivity index (χ2v) is 1.99. The summed E-state index contributed by atoms with van der Waals surface area (Å²) in [7, 11) is 0. The fourth-order valence-electron chi connectivity index (χ4n) is 0.611. The fraction of sp³-hybridized carbons (Fsp3) is 0.125. The standard InChI is InChI=1S/C5H7N.C3H3N3/c1-2-4-6-5-3-1;1-4-2-6-3-5-1/h1-4,6H,5H2;1-3H. The van der Waals surface area contributed by atoms with E-state index in [4.69, 9.17) is 0 Å². The van der Waals surface area contributed by atoms with Crippen LogP contribution in [0.3, 0.4) is 0 Å². The third-order valence-electron chi connectivity index (χ3n) is 1.10. The lowest BCUT2D eigenvalue weighted by Crippen LogP contribution is -2.05. The molecule has 0 saturated heterocycles. The van der Waals surface area contributed by atoms with E-state index in [0.29, 0.717) is 0 Å². The smallest absolute Gasteiger partial charge is 0.119 e. The van der Waals surface area contributed by atoms with Crippen molar-refractivity contribution in [2.24, 2.45) is 0 Å². The van der Waals surface area contributed by atoms with Crippen LogP contribution in [0.5, 0.6) is 0 Å². The molecule has 1 aliphatic rings. The Kier molecular flexibility index (Phi) is 4.21. The van der Waals surface area contributed by atoms with Gasteiger partial charge in [0.05, 0.1) is 0 Å². The highest BCUT2D eigenvalue weighted by Crippen LogP contribution is 1.78. The van der Waals surface area contributed by atoms with Gasteiger partial charge in [-0.3, -0.25) is 0 Å². The first-order valence-electron chi connectivity index (χ1n) is 3.60. The second-order valence-electron chi connectivity index (χ2n) is 1.99. The summed E-state index contributed by atoms with van der Waals surface area (Å²) < 4.78 is 0. The molecule has 0 radical (unpaired) electrons. The van der Waals surface area contributed by atoms with Crippen molar-refractivity contribution in [3.63, 3.8) is 0 Å². The zero-order chi connectivity index (χ0) is 8.49. The molecule has 62 valence electrons. The van der Waals surface area contributed by atoms with Gasteiger partial charge in [-0.2, -0.15) is 0 Å². The average molecular weight is 162 g/mol. The van der Waals surface area contributed by atoms with Gasteiger partial charge in [-0.25, -0.2) is 15.0 Å². The quantitative estimate of drug-likeness (QED) is 0.604. The zero-order valence-corrected chi connectivity index (χ0v) is 6.59. The number of hydrogen-bond acceptors (Lipinski definition) is 4. The van der Waals surface area contributed by atoms with Crippen LogP contribution in [0.15, 0.2) is 43.4 Å². The molecule has 0 aromatic carbocycles. The first kappa shape index (κ1) is 8.39. The van der Waals surface area contributed by atoms with Crippen molar-refractivity contribution in [3.8, 4) is 0 Å². The number of allylic oxidation sites excluding steroid dienone is 2. The first-order valence-corrected chi connectivity index (χ1v) is 3.60.